The highest BCUT2D eigenvalue weighted by atomic mass is 31.2. The molecule has 0 bridgehead atoms. The van der Waals surface area contributed by atoms with Gasteiger partial charge in [-0.15, -0.1) is 0 Å². The Kier molecular flexibility index (Phi) is 5.74. The summed E-state index contributed by atoms with van der Waals surface area (Å²) in [6.45, 7) is 0.696. The summed E-state index contributed by atoms with van der Waals surface area (Å²) in [6, 6.07) is 3.47. The summed E-state index contributed by atoms with van der Waals surface area (Å²) in [5.41, 5.74) is 5.66. The molecule has 6 N–H and O–H groups in total. The fraction of sp³-hybridized carbons (Fsp3) is 0.316. The molecule has 3 aromatic heterocycles. The highest BCUT2D eigenvalue weighted by Crippen LogP contribution is 2.43. The number of aromatic nitrogens is 4. The SMILES string of the molecule is C[C@@]1(O)C(O)C(COP(=O)(O)O)OC1n1cc(C#Cc2ccncc2)c2c(N)ncnc21. The van der Waals surface area contributed by atoms with E-state index in [0.717, 1.165) is 0 Å². The number of aliphatic hydroxyl groups excluding tert-OH is 1. The van der Waals surface area contributed by atoms with E-state index in [4.69, 9.17) is 20.3 Å². The van der Waals surface area contributed by atoms with Crippen LogP contribution in [0.25, 0.3) is 11.0 Å². The Morgan fingerprint density at radius 2 is 2.03 bits per heavy atom. The normalized spacial score (nSPS) is 25.6. The number of fused-ring (bicyclic) bond motifs is 1. The van der Waals surface area contributed by atoms with Crippen LogP contribution in [-0.2, 0) is 13.8 Å². The molecular formula is C19H20N5O7P. The number of phosphoric acid groups is 1. The molecule has 12 nitrogen and oxygen atoms in total. The summed E-state index contributed by atoms with van der Waals surface area (Å²) in [4.78, 5) is 30.1. The maximum absolute atomic E-state index is 11.0. The van der Waals surface area contributed by atoms with E-state index in [9.17, 15) is 14.8 Å². The highest BCUT2D eigenvalue weighted by Gasteiger charge is 2.54. The quantitative estimate of drug-likeness (QED) is 0.258. The van der Waals surface area contributed by atoms with Gasteiger partial charge in [0, 0.05) is 24.2 Å². The number of nitrogens with zero attached hydrogens (tertiary/aromatic N) is 4. The summed E-state index contributed by atoms with van der Waals surface area (Å²) in [7, 11) is -4.80. The van der Waals surface area contributed by atoms with E-state index in [1.54, 1.807) is 30.7 Å². The Morgan fingerprint density at radius 1 is 1.31 bits per heavy atom. The first-order chi connectivity index (χ1) is 15.1. The molecule has 1 saturated heterocycles. The van der Waals surface area contributed by atoms with Gasteiger partial charge in [0.1, 0.15) is 35.6 Å². The Bertz CT molecular complexity index is 1250. The van der Waals surface area contributed by atoms with Crippen LogP contribution in [0.1, 0.15) is 24.3 Å². The Balaban J connectivity index is 1.75. The van der Waals surface area contributed by atoms with Crippen LogP contribution in [0.2, 0.25) is 0 Å². The number of hydrogen-bond donors (Lipinski definition) is 5. The number of phosphoric ester groups is 1. The molecule has 4 rings (SSSR count). The van der Waals surface area contributed by atoms with Crippen LogP contribution < -0.4 is 5.73 Å². The van der Waals surface area contributed by atoms with Crippen molar-refractivity contribution in [3.63, 3.8) is 0 Å². The van der Waals surface area contributed by atoms with Gasteiger partial charge >= 0.3 is 7.82 Å². The fourth-order valence-corrected chi connectivity index (χ4v) is 3.85. The molecule has 0 amide bonds. The number of ether oxygens (including phenoxy) is 1. The van der Waals surface area contributed by atoms with E-state index < -0.39 is 38.5 Å². The molecule has 0 saturated carbocycles. The number of aliphatic hydroxyl groups is 2. The van der Waals surface area contributed by atoms with E-state index in [2.05, 4.69) is 31.3 Å². The summed E-state index contributed by atoms with van der Waals surface area (Å²) in [5, 5.41) is 21.9. The molecule has 4 atom stereocenters. The van der Waals surface area contributed by atoms with Crippen LogP contribution in [0.15, 0.2) is 37.1 Å². The van der Waals surface area contributed by atoms with Crippen molar-refractivity contribution < 1.29 is 33.8 Å². The van der Waals surface area contributed by atoms with Gasteiger partial charge in [-0.3, -0.25) is 9.51 Å². The Morgan fingerprint density at radius 3 is 2.72 bits per heavy atom. The van der Waals surface area contributed by atoms with E-state index in [1.165, 1.54) is 17.8 Å². The topological polar surface area (TPSA) is 186 Å². The number of pyridine rings is 1. The third-order valence-corrected chi connectivity index (χ3v) is 5.56. The van der Waals surface area contributed by atoms with Crippen LogP contribution in [-0.4, -0.2) is 63.9 Å². The average Bonchev–Trinajstić information content (AvgIpc) is 3.21. The number of rotatable bonds is 4. The van der Waals surface area contributed by atoms with Gasteiger partial charge in [-0.2, -0.15) is 0 Å². The standard InChI is InChI=1S/C19H20N5O7P/c1-19(26)15(25)13(9-30-32(27,28)29)31-18(19)24-8-12(3-2-11-4-6-21-7-5-11)14-16(20)22-10-23-17(14)24/h4-8,10,13,15,18,25-26H,9H2,1H3,(H2,20,22,23)(H2,27,28,29)/t13?,15?,18?,19-/m1/s1. The minimum Gasteiger partial charge on any atom is -0.387 e. The first-order valence-corrected chi connectivity index (χ1v) is 10.9. The molecule has 168 valence electrons. The molecule has 3 unspecified atom stereocenters. The second kappa shape index (κ2) is 8.23. The maximum Gasteiger partial charge on any atom is 0.469 e. The van der Waals surface area contributed by atoms with Crippen molar-refractivity contribution in [1.82, 2.24) is 19.5 Å². The van der Waals surface area contributed by atoms with Crippen molar-refractivity contribution in [3.8, 4) is 11.8 Å². The first-order valence-electron chi connectivity index (χ1n) is 9.37. The van der Waals surface area contributed by atoms with Crippen molar-refractivity contribution in [3.05, 3.63) is 48.2 Å². The van der Waals surface area contributed by atoms with Crippen molar-refractivity contribution in [1.29, 1.82) is 0 Å². The van der Waals surface area contributed by atoms with Crippen LogP contribution in [0.4, 0.5) is 5.82 Å². The minimum atomic E-state index is -4.80. The zero-order valence-electron chi connectivity index (χ0n) is 16.7. The molecule has 1 fully saturated rings. The summed E-state index contributed by atoms with van der Waals surface area (Å²) >= 11 is 0. The highest BCUT2D eigenvalue weighted by molar-refractivity contribution is 7.46. The summed E-state index contributed by atoms with van der Waals surface area (Å²) in [5.74, 6) is 6.14. The number of anilines is 1. The van der Waals surface area contributed by atoms with Crippen LogP contribution >= 0.6 is 7.82 Å². The maximum atomic E-state index is 11.0. The van der Waals surface area contributed by atoms with Gasteiger partial charge in [-0.05, 0) is 19.1 Å². The van der Waals surface area contributed by atoms with Crippen LogP contribution in [0.5, 0.6) is 0 Å². The van der Waals surface area contributed by atoms with Gasteiger partial charge in [0.25, 0.3) is 0 Å². The molecule has 32 heavy (non-hydrogen) atoms. The van der Waals surface area contributed by atoms with E-state index in [-0.39, 0.29) is 5.82 Å². The average molecular weight is 461 g/mol. The first kappa shape index (κ1) is 22.3. The van der Waals surface area contributed by atoms with E-state index in [1.807, 2.05) is 0 Å². The lowest BCUT2D eigenvalue weighted by atomic mass is 9.96. The molecule has 1 aliphatic rings. The Labute approximate surface area is 181 Å². The summed E-state index contributed by atoms with van der Waals surface area (Å²) < 4.78 is 22.7. The second-order valence-electron chi connectivity index (χ2n) is 7.38. The van der Waals surface area contributed by atoms with Crippen molar-refractivity contribution in [2.24, 2.45) is 0 Å². The Hall–Kier alpha value is -2.88. The number of nitrogen functional groups attached to an aromatic ring is 1. The minimum absolute atomic E-state index is 0.160. The second-order valence-corrected chi connectivity index (χ2v) is 8.62. The monoisotopic (exact) mass is 461 g/mol. The smallest absolute Gasteiger partial charge is 0.387 e. The number of hydrogen-bond acceptors (Lipinski definition) is 9. The molecule has 0 spiro atoms. The van der Waals surface area contributed by atoms with Crippen molar-refractivity contribution in [2.45, 2.75) is 31.0 Å². The molecule has 0 aliphatic carbocycles. The van der Waals surface area contributed by atoms with Gasteiger partial charge in [0.15, 0.2) is 6.23 Å². The molecule has 13 heteroatoms. The fourth-order valence-electron chi connectivity index (χ4n) is 3.50. The lowest BCUT2D eigenvalue weighted by molar-refractivity contribution is -0.0947. The zero-order chi connectivity index (χ0) is 23.1. The van der Waals surface area contributed by atoms with Gasteiger partial charge in [0.05, 0.1) is 17.6 Å². The van der Waals surface area contributed by atoms with E-state index >= 15 is 0 Å². The molecule has 0 radical (unpaired) electrons. The van der Waals surface area contributed by atoms with Gasteiger partial charge < -0.3 is 35.0 Å². The predicted molar refractivity (Wildman–Crippen MR) is 111 cm³/mol. The molecule has 4 heterocycles. The zero-order valence-corrected chi connectivity index (χ0v) is 17.6. The van der Waals surface area contributed by atoms with Crippen LogP contribution in [0, 0.1) is 11.8 Å². The molecule has 3 aromatic rings. The lowest BCUT2D eigenvalue weighted by Gasteiger charge is -2.27. The van der Waals surface area contributed by atoms with Crippen LogP contribution in [0.3, 0.4) is 0 Å². The van der Waals surface area contributed by atoms with E-state index in [0.29, 0.717) is 22.2 Å². The van der Waals surface area contributed by atoms with Gasteiger partial charge in [0.2, 0.25) is 0 Å². The lowest BCUT2D eigenvalue weighted by Crippen LogP contribution is -2.44. The molecule has 0 aromatic carbocycles. The summed E-state index contributed by atoms with van der Waals surface area (Å²) in [6.07, 6.45) is 2.10. The van der Waals surface area contributed by atoms with Gasteiger partial charge in [-0.25, -0.2) is 14.5 Å². The third-order valence-electron chi connectivity index (χ3n) is 5.07. The van der Waals surface area contributed by atoms with Crippen molar-refractivity contribution in [2.75, 3.05) is 12.3 Å². The predicted octanol–water partition coefficient (Wildman–Crippen LogP) is -0.0731. The third kappa shape index (κ3) is 4.23. The number of nitrogens with two attached hydrogens (primary N) is 1. The molecular weight excluding hydrogens is 441 g/mol. The largest absolute Gasteiger partial charge is 0.469 e. The molecule has 1 aliphatic heterocycles. The van der Waals surface area contributed by atoms with Crippen molar-refractivity contribution >= 4 is 24.7 Å². The van der Waals surface area contributed by atoms with Gasteiger partial charge in [-0.1, -0.05) is 11.8 Å².